The van der Waals surface area contributed by atoms with Crippen molar-refractivity contribution in [3.63, 3.8) is 0 Å². The highest BCUT2D eigenvalue weighted by atomic mass is 19.1. The van der Waals surface area contributed by atoms with Gasteiger partial charge in [0.1, 0.15) is 5.82 Å². The van der Waals surface area contributed by atoms with E-state index < -0.39 is 5.97 Å². The van der Waals surface area contributed by atoms with Crippen LogP contribution in [0.25, 0.3) is 11.1 Å². The molecule has 0 amide bonds. The van der Waals surface area contributed by atoms with Crippen LogP contribution < -0.4 is 0 Å². The normalized spacial score (nSPS) is 10.3. The molecule has 0 aliphatic rings. The number of carboxylic acids is 1. The standard InChI is InChI=1S/C15H13FO2/c1-10-3-2-4-12(7-10)13-8-11(9-15(17)18)5-6-14(13)16/h2-8H,9H2,1H3,(H,17,18). The molecule has 92 valence electrons. The molecule has 0 fully saturated rings. The number of hydrogen-bond donors (Lipinski definition) is 1. The van der Waals surface area contributed by atoms with E-state index in [1.165, 1.54) is 12.1 Å². The Bertz CT molecular complexity index is 591. The molecule has 0 aliphatic carbocycles. The number of benzene rings is 2. The highest BCUT2D eigenvalue weighted by Gasteiger charge is 2.08. The van der Waals surface area contributed by atoms with E-state index in [9.17, 15) is 9.18 Å². The van der Waals surface area contributed by atoms with Crippen molar-refractivity contribution >= 4 is 5.97 Å². The summed E-state index contributed by atoms with van der Waals surface area (Å²) in [5.41, 5.74) is 2.84. The lowest BCUT2D eigenvalue weighted by molar-refractivity contribution is -0.136. The van der Waals surface area contributed by atoms with Crippen LogP contribution in [-0.4, -0.2) is 11.1 Å². The van der Waals surface area contributed by atoms with Crippen LogP contribution in [0.4, 0.5) is 4.39 Å². The molecule has 18 heavy (non-hydrogen) atoms. The minimum atomic E-state index is -0.920. The zero-order valence-corrected chi connectivity index (χ0v) is 9.98. The summed E-state index contributed by atoms with van der Waals surface area (Å²) >= 11 is 0. The number of aliphatic carboxylic acids is 1. The molecule has 3 heteroatoms. The lowest BCUT2D eigenvalue weighted by atomic mass is 10.00. The summed E-state index contributed by atoms with van der Waals surface area (Å²) in [6.07, 6.45) is -0.0981. The van der Waals surface area contributed by atoms with Crippen LogP contribution in [0.1, 0.15) is 11.1 Å². The summed E-state index contributed by atoms with van der Waals surface area (Å²) < 4.78 is 13.8. The monoisotopic (exact) mass is 244 g/mol. The zero-order chi connectivity index (χ0) is 13.1. The van der Waals surface area contributed by atoms with Gasteiger partial charge in [-0.15, -0.1) is 0 Å². The van der Waals surface area contributed by atoms with E-state index in [0.29, 0.717) is 11.1 Å². The minimum absolute atomic E-state index is 0.0981. The van der Waals surface area contributed by atoms with Crippen LogP contribution in [0, 0.1) is 12.7 Å². The van der Waals surface area contributed by atoms with Crippen molar-refractivity contribution in [3.05, 3.63) is 59.4 Å². The molecule has 0 atom stereocenters. The fraction of sp³-hybridized carbons (Fsp3) is 0.133. The van der Waals surface area contributed by atoms with Crippen molar-refractivity contribution in [1.82, 2.24) is 0 Å². The van der Waals surface area contributed by atoms with Crippen molar-refractivity contribution in [3.8, 4) is 11.1 Å². The molecule has 0 unspecified atom stereocenters. The Morgan fingerprint density at radius 2 is 2.00 bits per heavy atom. The van der Waals surface area contributed by atoms with Gasteiger partial charge in [0.2, 0.25) is 0 Å². The summed E-state index contributed by atoms with van der Waals surface area (Å²) in [7, 11) is 0. The molecule has 0 aromatic heterocycles. The van der Waals surface area contributed by atoms with Crippen molar-refractivity contribution in [2.75, 3.05) is 0 Å². The van der Waals surface area contributed by atoms with Gasteiger partial charge in [-0.3, -0.25) is 4.79 Å². The van der Waals surface area contributed by atoms with Gasteiger partial charge in [-0.2, -0.15) is 0 Å². The Morgan fingerprint density at radius 3 is 2.67 bits per heavy atom. The smallest absolute Gasteiger partial charge is 0.307 e. The van der Waals surface area contributed by atoms with E-state index in [4.69, 9.17) is 5.11 Å². The Labute approximate surface area is 105 Å². The Balaban J connectivity index is 2.46. The first-order valence-corrected chi connectivity index (χ1v) is 5.63. The highest BCUT2D eigenvalue weighted by molar-refractivity contribution is 5.72. The molecule has 2 nitrogen and oxygen atoms in total. The lowest BCUT2D eigenvalue weighted by Gasteiger charge is -2.07. The van der Waals surface area contributed by atoms with Crippen LogP contribution in [0.3, 0.4) is 0 Å². The van der Waals surface area contributed by atoms with Crippen LogP contribution in [-0.2, 0) is 11.2 Å². The Kier molecular flexibility index (Phi) is 3.42. The number of rotatable bonds is 3. The summed E-state index contributed by atoms with van der Waals surface area (Å²) in [4.78, 5) is 10.7. The summed E-state index contributed by atoms with van der Waals surface area (Å²) in [6.45, 7) is 1.93. The number of carboxylic acid groups (broad SMARTS) is 1. The molecule has 2 aromatic rings. The van der Waals surface area contributed by atoms with Crippen LogP contribution >= 0.6 is 0 Å². The van der Waals surface area contributed by atoms with Gasteiger partial charge in [0.15, 0.2) is 0 Å². The second-order valence-corrected chi connectivity index (χ2v) is 4.25. The largest absolute Gasteiger partial charge is 0.481 e. The second-order valence-electron chi connectivity index (χ2n) is 4.25. The SMILES string of the molecule is Cc1cccc(-c2cc(CC(=O)O)ccc2F)c1. The molecular weight excluding hydrogens is 231 g/mol. The van der Waals surface area contributed by atoms with Crippen molar-refractivity contribution in [2.24, 2.45) is 0 Å². The topological polar surface area (TPSA) is 37.3 Å². The second kappa shape index (κ2) is 5.00. The molecule has 0 spiro atoms. The third-order valence-electron chi connectivity index (χ3n) is 2.72. The minimum Gasteiger partial charge on any atom is -0.481 e. The molecule has 0 radical (unpaired) electrons. The van der Waals surface area contributed by atoms with Crippen LogP contribution in [0.15, 0.2) is 42.5 Å². The first-order chi connectivity index (χ1) is 8.56. The van der Waals surface area contributed by atoms with Gasteiger partial charge in [-0.25, -0.2) is 4.39 Å². The Hall–Kier alpha value is -2.16. The molecule has 0 bridgehead atoms. The van der Waals surface area contributed by atoms with Gasteiger partial charge in [0.05, 0.1) is 6.42 Å². The molecule has 0 heterocycles. The van der Waals surface area contributed by atoms with E-state index in [1.54, 1.807) is 6.07 Å². The quantitative estimate of drug-likeness (QED) is 0.898. The molecule has 2 aromatic carbocycles. The first kappa shape index (κ1) is 12.3. The number of carbonyl (C=O) groups is 1. The molecule has 0 aliphatic heterocycles. The molecular formula is C15H13FO2. The maximum Gasteiger partial charge on any atom is 0.307 e. The fourth-order valence-electron chi connectivity index (χ4n) is 1.89. The van der Waals surface area contributed by atoms with E-state index in [2.05, 4.69) is 0 Å². The first-order valence-electron chi connectivity index (χ1n) is 5.63. The van der Waals surface area contributed by atoms with E-state index in [0.717, 1.165) is 11.1 Å². The van der Waals surface area contributed by atoms with E-state index in [1.807, 2.05) is 31.2 Å². The third kappa shape index (κ3) is 2.74. The van der Waals surface area contributed by atoms with Gasteiger partial charge in [-0.1, -0.05) is 35.9 Å². The predicted octanol–water partition coefficient (Wildman–Crippen LogP) is 3.43. The van der Waals surface area contributed by atoms with Crippen molar-refractivity contribution < 1.29 is 14.3 Å². The highest BCUT2D eigenvalue weighted by Crippen LogP contribution is 2.25. The number of aryl methyl sites for hydroxylation is 1. The summed E-state index contributed by atoms with van der Waals surface area (Å²) in [6, 6.07) is 11.9. The summed E-state index contributed by atoms with van der Waals surface area (Å²) in [5.74, 6) is -1.26. The average molecular weight is 244 g/mol. The average Bonchev–Trinajstić information content (AvgIpc) is 2.31. The molecule has 1 N–H and O–H groups in total. The van der Waals surface area contributed by atoms with Crippen LogP contribution in [0.2, 0.25) is 0 Å². The number of hydrogen-bond acceptors (Lipinski definition) is 1. The predicted molar refractivity (Wildman–Crippen MR) is 67.9 cm³/mol. The Morgan fingerprint density at radius 1 is 1.22 bits per heavy atom. The maximum atomic E-state index is 13.8. The zero-order valence-electron chi connectivity index (χ0n) is 9.98. The van der Waals surface area contributed by atoms with Gasteiger partial charge in [0.25, 0.3) is 0 Å². The maximum absolute atomic E-state index is 13.8. The number of halogens is 1. The van der Waals surface area contributed by atoms with Crippen LogP contribution in [0.5, 0.6) is 0 Å². The van der Waals surface area contributed by atoms with Gasteiger partial charge in [0, 0.05) is 5.56 Å². The third-order valence-corrected chi connectivity index (χ3v) is 2.72. The molecule has 0 saturated carbocycles. The summed E-state index contributed by atoms with van der Waals surface area (Å²) in [5, 5.41) is 8.75. The fourth-order valence-corrected chi connectivity index (χ4v) is 1.89. The molecule has 2 rings (SSSR count). The molecule has 0 saturated heterocycles. The van der Waals surface area contributed by atoms with Crippen molar-refractivity contribution in [2.45, 2.75) is 13.3 Å². The van der Waals surface area contributed by atoms with Gasteiger partial charge in [-0.05, 0) is 30.2 Å². The van der Waals surface area contributed by atoms with E-state index in [-0.39, 0.29) is 12.2 Å². The lowest BCUT2D eigenvalue weighted by Crippen LogP contribution is -2.00. The van der Waals surface area contributed by atoms with E-state index >= 15 is 0 Å². The van der Waals surface area contributed by atoms with Gasteiger partial charge < -0.3 is 5.11 Å². The van der Waals surface area contributed by atoms with Crippen molar-refractivity contribution in [1.29, 1.82) is 0 Å². The van der Waals surface area contributed by atoms with Gasteiger partial charge >= 0.3 is 5.97 Å².